The molecule has 5 heteroatoms. The van der Waals surface area contributed by atoms with E-state index in [1.165, 1.54) is 18.4 Å². The maximum Gasteiger partial charge on any atom is 0.143 e. The first-order chi connectivity index (χ1) is 8.74. The van der Waals surface area contributed by atoms with Gasteiger partial charge in [-0.3, -0.25) is 0 Å². The summed E-state index contributed by atoms with van der Waals surface area (Å²) in [5.74, 6) is 0.998. The molecule has 3 rings (SSSR count). The molecule has 0 radical (unpaired) electrons. The number of pyridine rings is 1. The third-order valence-corrected chi connectivity index (χ3v) is 4.35. The second-order valence-electron chi connectivity index (χ2n) is 4.56. The van der Waals surface area contributed by atoms with Crippen molar-refractivity contribution in [2.75, 3.05) is 10.6 Å². The van der Waals surface area contributed by atoms with E-state index in [4.69, 9.17) is 5.73 Å². The molecule has 0 bridgehead atoms. The number of rotatable bonds is 4. The fraction of sp³-hybridized carbons (Fsp3) is 0.308. The molecular formula is C13H14BrN3S. The Morgan fingerprint density at radius 3 is 2.94 bits per heavy atom. The van der Waals surface area contributed by atoms with Crippen LogP contribution in [0.2, 0.25) is 0 Å². The molecule has 1 aliphatic rings. The number of thiophene rings is 1. The largest absolute Gasteiger partial charge is 0.397 e. The Balaban J connectivity index is 1.89. The second kappa shape index (κ2) is 4.90. The molecule has 0 aromatic carbocycles. The van der Waals surface area contributed by atoms with Gasteiger partial charge < -0.3 is 10.6 Å². The molecule has 3 nitrogen and oxygen atoms in total. The third-order valence-electron chi connectivity index (χ3n) is 3.04. The van der Waals surface area contributed by atoms with E-state index in [0.29, 0.717) is 11.7 Å². The van der Waals surface area contributed by atoms with E-state index in [9.17, 15) is 0 Å². The predicted octanol–water partition coefficient (Wildman–Crippen LogP) is 3.66. The molecule has 2 N–H and O–H groups in total. The minimum atomic E-state index is 0.623. The summed E-state index contributed by atoms with van der Waals surface area (Å²) >= 11 is 5.30. The summed E-state index contributed by atoms with van der Waals surface area (Å²) in [6.07, 6.45) is 4.23. The molecule has 1 fully saturated rings. The summed E-state index contributed by atoms with van der Waals surface area (Å²) < 4.78 is 0.977. The second-order valence-corrected chi connectivity index (χ2v) is 6.20. The summed E-state index contributed by atoms with van der Waals surface area (Å²) in [5, 5.41) is 4.31. The van der Waals surface area contributed by atoms with E-state index >= 15 is 0 Å². The highest BCUT2D eigenvalue weighted by Crippen LogP contribution is 2.36. The minimum absolute atomic E-state index is 0.623. The standard InChI is InChI=1S/C13H14BrN3S/c14-12-5-10(15)6-16-13(12)17(11-1-2-11)7-9-3-4-18-8-9/h3-6,8,11H,1-2,7,15H2. The Morgan fingerprint density at radius 1 is 1.50 bits per heavy atom. The number of nitrogen functional groups attached to an aromatic ring is 1. The zero-order valence-electron chi connectivity index (χ0n) is 9.84. The van der Waals surface area contributed by atoms with E-state index in [1.807, 2.05) is 6.07 Å². The third kappa shape index (κ3) is 2.52. The number of halogens is 1. The van der Waals surface area contributed by atoms with Crippen LogP contribution >= 0.6 is 27.3 Å². The quantitative estimate of drug-likeness (QED) is 0.933. The van der Waals surface area contributed by atoms with Crippen molar-refractivity contribution in [3.05, 3.63) is 39.1 Å². The first-order valence-electron chi connectivity index (χ1n) is 5.93. The molecule has 0 atom stereocenters. The van der Waals surface area contributed by atoms with Gasteiger partial charge in [0.1, 0.15) is 5.82 Å². The van der Waals surface area contributed by atoms with Crippen molar-refractivity contribution in [2.24, 2.45) is 0 Å². The summed E-state index contributed by atoms with van der Waals surface area (Å²) in [4.78, 5) is 6.84. The topological polar surface area (TPSA) is 42.1 Å². The number of nitrogens with two attached hydrogens (primary N) is 1. The lowest BCUT2D eigenvalue weighted by molar-refractivity contribution is 0.778. The van der Waals surface area contributed by atoms with Crippen LogP contribution in [0.1, 0.15) is 18.4 Å². The lowest BCUT2D eigenvalue weighted by atomic mass is 10.3. The smallest absolute Gasteiger partial charge is 0.143 e. The zero-order valence-corrected chi connectivity index (χ0v) is 12.2. The molecule has 0 amide bonds. The van der Waals surface area contributed by atoms with E-state index in [-0.39, 0.29) is 0 Å². The fourth-order valence-corrected chi connectivity index (χ4v) is 3.25. The lowest BCUT2D eigenvalue weighted by Crippen LogP contribution is -2.26. The molecule has 0 saturated heterocycles. The summed E-state index contributed by atoms with van der Waals surface area (Å²) in [5.41, 5.74) is 7.78. The highest BCUT2D eigenvalue weighted by atomic mass is 79.9. The maximum absolute atomic E-state index is 5.75. The highest BCUT2D eigenvalue weighted by molar-refractivity contribution is 9.10. The van der Waals surface area contributed by atoms with E-state index in [1.54, 1.807) is 17.5 Å². The number of nitrogens with zero attached hydrogens (tertiary/aromatic N) is 2. The van der Waals surface area contributed by atoms with Crippen LogP contribution in [0.4, 0.5) is 11.5 Å². The van der Waals surface area contributed by atoms with Crippen molar-refractivity contribution in [1.29, 1.82) is 0 Å². The highest BCUT2D eigenvalue weighted by Gasteiger charge is 2.31. The minimum Gasteiger partial charge on any atom is -0.397 e. The molecule has 0 unspecified atom stereocenters. The monoisotopic (exact) mass is 323 g/mol. The van der Waals surface area contributed by atoms with Crippen LogP contribution < -0.4 is 10.6 Å². The van der Waals surface area contributed by atoms with Crippen molar-refractivity contribution in [1.82, 2.24) is 4.98 Å². The average molecular weight is 324 g/mol. The van der Waals surface area contributed by atoms with Gasteiger partial charge in [0.2, 0.25) is 0 Å². The van der Waals surface area contributed by atoms with Gasteiger partial charge in [-0.25, -0.2) is 4.98 Å². The normalized spacial score (nSPS) is 14.7. The predicted molar refractivity (Wildman–Crippen MR) is 79.9 cm³/mol. The summed E-state index contributed by atoms with van der Waals surface area (Å²) in [6, 6.07) is 4.72. The summed E-state index contributed by atoms with van der Waals surface area (Å²) in [6.45, 7) is 0.920. The Kier molecular flexibility index (Phi) is 3.26. The first kappa shape index (κ1) is 12.0. The van der Waals surface area contributed by atoms with Gasteiger partial charge in [-0.2, -0.15) is 11.3 Å². The van der Waals surface area contributed by atoms with Gasteiger partial charge in [0.25, 0.3) is 0 Å². The van der Waals surface area contributed by atoms with Gasteiger partial charge in [-0.05, 0) is 57.2 Å². The van der Waals surface area contributed by atoms with Gasteiger partial charge in [0, 0.05) is 12.6 Å². The molecule has 2 aromatic rings. The van der Waals surface area contributed by atoms with Crippen molar-refractivity contribution in [3.8, 4) is 0 Å². The Labute approximate surface area is 119 Å². The van der Waals surface area contributed by atoms with Crippen LogP contribution in [-0.4, -0.2) is 11.0 Å². The van der Waals surface area contributed by atoms with Gasteiger partial charge in [0.05, 0.1) is 16.4 Å². The molecular weight excluding hydrogens is 310 g/mol. The zero-order chi connectivity index (χ0) is 12.5. The van der Waals surface area contributed by atoms with Gasteiger partial charge in [-0.15, -0.1) is 0 Å². The average Bonchev–Trinajstić information content (AvgIpc) is 3.05. The van der Waals surface area contributed by atoms with Crippen LogP contribution in [0.15, 0.2) is 33.6 Å². The van der Waals surface area contributed by atoms with Crippen molar-refractivity contribution >= 4 is 38.8 Å². The molecule has 94 valence electrons. The van der Waals surface area contributed by atoms with E-state index in [2.05, 4.69) is 42.6 Å². The number of hydrogen-bond acceptors (Lipinski definition) is 4. The Bertz CT molecular complexity index is 537. The first-order valence-corrected chi connectivity index (χ1v) is 7.66. The number of aromatic nitrogens is 1. The van der Waals surface area contributed by atoms with Crippen LogP contribution in [0.5, 0.6) is 0 Å². The van der Waals surface area contributed by atoms with Crippen LogP contribution in [0.3, 0.4) is 0 Å². The van der Waals surface area contributed by atoms with Crippen molar-refractivity contribution in [2.45, 2.75) is 25.4 Å². The van der Waals surface area contributed by atoms with E-state index in [0.717, 1.165) is 16.8 Å². The van der Waals surface area contributed by atoms with Crippen molar-refractivity contribution < 1.29 is 0 Å². The Morgan fingerprint density at radius 2 is 2.33 bits per heavy atom. The molecule has 0 aliphatic heterocycles. The molecule has 1 saturated carbocycles. The van der Waals surface area contributed by atoms with Gasteiger partial charge >= 0.3 is 0 Å². The molecule has 0 spiro atoms. The molecule has 2 heterocycles. The fourth-order valence-electron chi connectivity index (χ4n) is 2.00. The number of hydrogen-bond donors (Lipinski definition) is 1. The van der Waals surface area contributed by atoms with Crippen LogP contribution in [-0.2, 0) is 6.54 Å². The molecule has 1 aliphatic carbocycles. The molecule has 18 heavy (non-hydrogen) atoms. The number of anilines is 2. The van der Waals surface area contributed by atoms with E-state index < -0.39 is 0 Å². The van der Waals surface area contributed by atoms with Gasteiger partial charge in [0.15, 0.2) is 0 Å². The van der Waals surface area contributed by atoms with Crippen LogP contribution in [0.25, 0.3) is 0 Å². The molecule has 2 aromatic heterocycles. The van der Waals surface area contributed by atoms with Gasteiger partial charge in [-0.1, -0.05) is 0 Å². The summed E-state index contributed by atoms with van der Waals surface area (Å²) in [7, 11) is 0. The SMILES string of the molecule is Nc1cnc(N(Cc2ccsc2)C2CC2)c(Br)c1. The van der Waals surface area contributed by atoms with Crippen LogP contribution in [0, 0.1) is 0 Å². The maximum atomic E-state index is 5.75. The lowest BCUT2D eigenvalue weighted by Gasteiger charge is -2.24. The van der Waals surface area contributed by atoms with Crippen molar-refractivity contribution in [3.63, 3.8) is 0 Å². The Hall–Kier alpha value is -1.07.